The van der Waals surface area contributed by atoms with E-state index in [0.29, 0.717) is 24.3 Å². The summed E-state index contributed by atoms with van der Waals surface area (Å²) in [5, 5.41) is 15.5. The van der Waals surface area contributed by atoms with Gasteiger partial charge in [-0.2, -0.15) is 10.1 Å². The van der Waals surface area contributed by atoms with E-state index in [4.69, 9.17) is 4.52 Å². The van der Waals surface area contributed by atoms with Crippen LogP contribution in [0.4, 0.5) is 5.82 Å². The number of hydrogen-bond donors (Lipinski definition) is 1. The van der Waals surface area contributed by atoms with E-state index in [2.05, 4.69) is 30.6 Å². The lowest BCUT2D eigenvalue weighted by Gasteiger charge is -2.33. The van der Waals surface area contributed by atoms with Gasteiger partial charge in [0.2, 0.25) is 5.89 Å². The molecule has 1 saturated heterocycles. The highest BCUT2D eigenvalue weighted by Gasteiger charge is 2.21. The normalized spacial score (nSPS) is 19.2. The van der Waals surface area contributed by atoms with Crippen LogP contribution in [0.5, 0.6) is 0 Å². The highest BCUT2D eigenvalue weighted by atomic mass is 16.5. The van der Waals surface area contributed by atoms with E-state index < -0.39 is 0 Å². The van der Waals surface area contributed by atoms with Gasteiger partial charge in [-0.05, 0) is 25.0 Å². The Hall–Kier alpha value is -2.02. The first kappa shape index (κ1) is 13.0. The Kier molecular flexibility index (Phi) is 3.87. The molecule has 0 unspecified atom stereocenters. The van der Waals surface area contributed by atoms with Crippen molar-refractivity contribution in [1.82, 2.24) is 25.7 Å². The Bertz CT molecular complexity index is 543. The van der Waals surface area contributed by atoms with E-state index in [9.17, 15) is 0 Å². The van der Waals surface area contributed by atoms with Gasteiger partial charge in [-0.3, -0.25) is 0 Å². The number of aromatic nitrogens is 4. The maximum Gasteiger partial charge on any atom is 0.223 e. The molecule has 1 fully saturated rings. The minimum atomic E-state index is 0.407. The maximum atomic E-state index is 4.97. The molecule has 0 saturated carbocycles. The van der Waals surface area contributed by atoms with Crippen molar-refractivity contribution in [2.24, 2.45) is 0 Å². The van der Waals surface area contributed by atoms with Crippen molar-refractivity contribution < 1.29 is 4.52 Å². The van der Waals surface area contributed by atoms with Crippen molar-refractivity contribution >= 4 is 5.82 Å². The quantitative estimate of drug-likeness (QED) is 0.888. The van der Waals surface area contributed by atoms with Crippen LogP contribution in [-0.4, -0.2) is 39.5 Å². The molecule has 3 rings (SSSR count). The zero-order valence-electron chi connectivity index (χ0n) is 11.5. The summed E-state index contributed by atoms with van der Waals surface area (Å²) in [6.45, 7) is 4.39. The van der Waals surface area contributed by atoms with Gasteiger partial charge in [0, 0.05) is 32.3 Å². The molecular weight excluding hydrogens is 256 g/mol. The predicted molar refractivity (Wildman–Crippen MR) is 73.1 cm³/mol. The molecule has 0 radical (unpaired) electrons. The van der Waals surface area contributed by atoms with Crippen molar-refractivity contribution in [1.29, 1.82) is 0 Å². The first-order valence-electron chi connectivity index (χ1n) is 6.86. The third-order valence-corrected chi connectivity index (χ3v) is 3.42. The van der Waals surface area contributed by atoms with Crippen LogP contribution in [0.15, 0.2) is 22.9 Å². The number of nitrogens with zero attached hydrogens (tertiary/aromatic N) is 5. The minimum absolute atomic E-state index is 0.407. The van der Waals surface area contributed by atoms with Crippen molar-refractivity contribution in [3.63, 3.8) is 0 Å². The van der Waals surface area contributed by atoms with Gasteiger partial charge in [0.1, 0.15) is 0 Å². The van der Waals surface area contributed by atoms with Crippen LogP contribution in [0.1, 0.15) is 24.6 Å². The van der Waals surface area contributed by atoms with E-state index in [-0.39, 0.29) is 0 Å². The molecule has 1 aliphatic rings. The maximum absolute atomic E-state index is 4.97. The summed E-state index contributed by atoms with van der Waals surface area (Å²) in [5.74, 6) is 2.25. The van der Waals surface area contributed by atoms with E-state index in [1.165, 1.54) is 0 Å². The van der Waals surface area contributed by atoms with Gasteiger partial charge in [0.25, 0.3) is 0 Å². The predicted octanol–water partition coefficient (Wildman–Crippen LogP) is 0.927. The Morgan fingerprint density at radius 3 is 3.20 bits per heavy atom. The Morgan fingerprint density at radius 1 is 1.50 bits per heavy atom. The molecule has 2 aromatic rings. The van der Waals surface area contributed by atoms with Crippen molar-refractivity contribution in [3.8, 4) is 0 Å². The number of nitrogens with one attached hydrogen (secondary N) is 1. The lowest BCUT2D eigenvalue weighted by molar-refractivity contribution is 0.376. The second kappa shape index (κ2) is 5.96. The molecule has 20 heavy (non-hydrogen) atoms. The molecule has 1 aliphatic heterocycles. The standard InChI is InChI=1S/C13H18N6O/c1-10-16-12(18-20-10)8-14-11-4-3-7-19(9-11)13-5-2-6-15-17-13/h2,5-6,11,14H,3-4,7-9H2,1H3/t11-/m1/s1. The lowest BCUT2D eigenvalue weighted by atomic mass is 10.1. The number of aryl methyl sites for hydroxylation is 1. The molecule has 0 amide bonds. The molecule has 0 spiro atoms. The third kappa shape index (κ3) is 3.11. The summed E-state index contributed by atoms with van der Waals surface area (Å²) in [4.78, 5) is 6.46. The van der Waals surface area contributed by atoms with Gasteiger partial charge >= 0.3 is 0 Å². The van der Waals surface area contributed by atoms with E-state index in [1.54, 1.807) is 13.1 Å². The molecule has 0 bridgehead atoms. The average molecular weight is 274 g/mol. The fraction of sp³-hybridized carbons (Fsp3) is 0.538. The van der Waals surface area contributed by atoms with Crippen LogP contribution in [0.25, 0.3) is 0 Å². The SMILES string of the molecule is Cc1nc(CN[C@@H]2CCCN(c3cccnn3)C2)no1. The molecule has 106 valence electrons. The van der Waals surface area contributed by atoms with Crippen LogP contribution in [0.3, 0.4) is 0 Å². The first-order valence-corrected chi connectivity index (χ1v) is 6.86. The first-order chi connectivity index (χ1) is 9.81. The molecule has 0 aliphatic carbocycles. The van der Waals surface area contributed by atoms with Gasteiger partial charge in [-0.25, -0.2) is 0 Å². The van der Waals surface area contributed by atoms with E-state index in [1.807, 2.05) is 12.1 Å². The molecule has 7 nitrogen and oxygen atoms in total. The molecule has 0 aromatic carbocycles. The summed E-state index contributed by atoms with van der Waals surface area (Å²) in [6.07, 6.45) is 3.98. The van der Waals surface area contributed by atoms with E-state index in [0.717, 1.165) is 31.7 Å². The highest BCUT2D eigenvalue weighted by molar-refractivity contribution is 5.37. The highest BCUT2D eigenvalue weighted by Crippen LogP contribution is 2.16. The lowest BCUT2D eigenvalue weighted by Crippen LogP contribution is -2.46. The fourth-order valence-corrected chi connectivity index (χ4v) is 2.46. The third-order valence-electron chi connectivity index (χ3n) is 3.42. The minimum Gasteiger partial charge on any atom is -0.354 e. The van der Waals surface area contributed by atoms with Crippen molar-refractivity contribution in [3.05, 3.63) is 30.0 Å². The van der Waals surface area contributed by atoms with Crippen LogP contribution >= 0.6 is 0 Å². The van der Waals surface area contributed by atoms with Crippen molar-refractivity contribution in [2.45, 2.75) is 32.4 Å². The zero-order chi connectivity index (χ0) is 13.8. The molecule has 2 aromatic heterocycles. The number of piperidine rings is 1. The van der Waals surface area contributed by atoms with Crippen LogP contribution < -0.4 is 10.2 Å². The summed E-state index contributed by atoms with van der Waals surface area (Å²) in [5.41, 5.74) is 0. The van der Waals surface area contributed by atoms with Gasteiger partial charge in [0.15, 0.2) is 11.6 Å². The molecule has 3 heterocycles. The largest absolute Gasteiger partial charge is 0.354 e. The van der Waals surface area contributed by atoms with Gasteiger partial charge in [0.05, 0.1) is 6.54 Å². The Labute approximate surface area is 117 Å². The Balaban J connectivity index is 1.55. The average Bonchev–Trinajstić information content (AvgIpc) is 2.92. The summed E-state index contributed by atoms with van der Waals surface area (Å²) in [6, 6.07) is 4.32. The smallest absolute Gasteiger partial charge is 0.223 e. The monoisotopic (exact) mass is 274 g/mol. The van der Waals surface area contributed by atoms with Crippen LogP contribution in [-0.2, 0) is 6.54 Å². The van der Waals surface area contributed by atoms with Crippen LogP contribution in [0, 0.1) is 6.92 Å². The van der Waals surface area contributed by atoms with Crippen LogP contribution in [0.2, 0.25) is 0 Å². The molecule has 1 atom stereocenters. The Morgan fingerprint density at radius 2 is 2.45 bits per heavy atom. The zero-order valence-corrected chi connectivity index (χ0v) is 11.5. The summed E-state index contributed by atoms with van der Waals surface area (Å²) < 4.78 is 4.97. The molecular formula is C13H18N6O. The summed E-state index contributed by atoms with van der Waals surface area (Å²) in [7, 11) is 0. The topological polar surface area (TPSA) is 80.0 Å². The summed E-state index contributed by atoms with van der Waals surface area (Å²) >= 11 is 0. The molecule has 1 N–H and O–H groups in total. The van der Waals surface area contributed by atoms with Gasteiger partial charge < -0.3 is 14.7 Å². The number of anilines is 1. The van der Waals surface area contributed by atoms with Gasteiger partial charge in [-0.15, -0.1) is 5.10 Å². The number of rotatable bonds is 4. The van der Waals surface area contributed by atoms with Gasteiger partial charge in [-0.1, -0.05) is 5.16 Å². The second-order valence-corrected chi connectivity index (χ2v) is 4.98. The van der Waals surface area contributed by atoms with Crippen molar-refractivity contribution in [2.75, 3.05) is 18.0 Å². The fourth-order valence-electron chi connectivity index (χ4n) is 2.46. The van der Waals surface area contributed by atoms with E-state index >= 15 is 0 Å². The second-order valence-electron chi connectivity index (χ2n) is 4.98. The number of hydrogen-bond acceptors (Lipinski definition) is 7. The molecule has 7 heteroatoms.